The Bertz CT molecular complexity index is 2770. The SMILES string of the molecule is CC(c1ccccc1)c1cc(-c2cc(-c3ccc(C(C)(C)c4ccccc4)cc3)ccn2)[c-]c(-c2cccc3sc(-c4cc(C(C)(C)C)cc(C(C)(C)C)c4O)nc23)c1.[Pt]. The van der Waals surface area contributed by atoms with E-state index < -0.39 is 0 Å². The van der Waals surface area contributed by atoms with Crippen LogP contribution in [0.1, 0.15) is 102 Å². The molecule has 8 aromatic rings. The fourth-order valence-corrected chi connectivity index (χ4v) is 9.01. The Kier molecular flexibility index (Phi) is 12.0. The standard InChI is InChI=1S/C55H53N2OS.Pt/c1-35(36-17-12-10-13-18-36)39-29-40(45-21-16-22-49-50(45)57-52(59-49)46-33-44(53(2,3)4)34-47(51(46)58)54(5,6)7)31-41(30-39)48-32-38(27-28-56-48)37-23-25-43(26-24-37)55(8,9)42-19-14-11-15-20-42;/h10-30,32-35,58H,1-9H3;/q-1;. The maximum atomic E-state index is 11.8. The van der Waals surface area contributed by atoms with Gasteiger partial charge in [0.25, 0.3) is 0 Å². The molecule has 3 nitrogen and oxygen atoms in total. The first-order valence-corrected chi connectivity index (χ1v) is 21.4. The van der Waals surface area contributed by atoms with Gasteiger partial charge in [0.1, 0.15) is 10.8 Å². The van der Waals surface area contributed by atoms with E-state index in [1.807, 2.05) is 6.20 Å². The van der Waals surface area contributed by atoms with Gasteiger partial charge in [0.15, 0.2) is 0 Å². The van der Waals surface area contributed by atoms with Gasteiger partial charge in [-0.15, -0.1) is 40.7 Å². The zero-order chi connectivity index (χ0) is 41.7. The Morgan fingerprint density at radius 2 is 1.23 bits per heavy atom. The first-order valence-electron chi connectivity index (χ1n) is 20.6. The third kappa shape index (κ3) is 8.56. The molecule has 0 saturated carbocycles. The van der Waals surface area contributed by atoms with Crippen LogP contribution in [0.5, 0.6) is 5.75 Å². The number of para-hydroxylation sites is 1. The van der Waals surface area contributed by atoms with Crippen molar-refractivity contribution in [2.45, 2.75) is 84.5 Å². The van der Waals surface area contributed by atoms with Crippen LogP contribution < -0.4 is 0 Å². The minimum absolute atomic E-state index is 0. The van der Waals surface area contributed by atoms with E-state index in [1.54, 1.807) is 11.3 Å². The van der Waals surface area contributed by atoms with Crippen LogP contribution in [0.25, 0.3) is 54.3 Å². The van der Waals surface area contributed by atoms with Gasteiger partial charge in [-0.3, -0.25) is 4.98 Å². The van der Waals surface area contributed by atoms with Crippen LogP contribution in [0, 0.1) is 6.07 Å². The molecule has 0 radical (unpaired) electrons. The molecule has 60 heavy (non-hydrogen) atoms. The molecule has 0 bridgehead atoms. The monoisotopic (exact) mass is 984 g/mol. The van der Waals surface area contributed by atoms with E-state index in [-0.39, 0.29) is 43.2 Å². The van der Waals surface area contributed by atoms with E-state index in [4.69, 9.17) is 9.97 Å². The quantitative estimate of drug-likeness (QED) is 0.154. The summed E-state index contributed by atoms with van der Waals surface area (Å²) in [4.78, 5) is 10.3. The van der Waals surface area contributed by atoms with Crippen LogP contribution >= 0.6 is 11.3 Å². The number of fused-ring (bicyclic) bond motifs is 1. The molecule has 0 amide bonds. The summed E-state index contributed by atoms with van der Waals surface area (Å²) in [6.45, 7) is 19.9. The van der Waals surface area contributed by atoms with E-state index in [9.17, 15) is 5.11 Å². The summed E-state index contributed by atoms with van der Waals surface area (Å²) < 4.78 is 1.06. The largest absolute Gasteiger partial charge is 0.507 e. The molecule has 1 atom stereocenters. The van der Waals surface area contributed by atoms with Crippen molar-refractivity contribution < 1.29 is 26.2 Å². The summed E-state index contributed by atoms with van der Waals surface area (Å²) in [7, 11) is 0. The molecule has 0 fully saturated rings. The Balaban J connectivity index is 0.00000544. The average molecular weight is 985 g/mol. The Labute approximate surface area is 374 Å². The van der Waals surface area contributed by atoms with Gasteiger partial charge < -0.3 is 5.11 Å². The number of phenolic OH excluding ortho intramolecular Hbond substituents is 1. The number of hydrogen-bond acceptors (Lipinski definition) is 4. The van der Waals surface area contributed by atoms with Crippen molar-refractivity contribution in [3.8, 4) is 49.8 Å². The second-order valence-corrected chi connectivity index (χ2v) is 19.5. The average Bonchev–Trinajstić information content (AvgIpc) is 3.68. The van der Waals surface area contributed by atoms with Crippen molar-refractivity contribution >= 4 is 21.6 Å². The van der Waals surface area contributed by atoms with Gasteiger partial charge in [0.2, 0.25) is 0 Å². The molecular formula is C55H53N2OPtS-. The van der Waals surface area contributed by atoms with Crippen molar-refractivity contribution in [2.24, 2.45) is 0 Å². The van der Waals surface area contributed by atoms with E-state index in [0.29, 0.717) is 5.75 Å². The van der Waals surface area contributed by atoms with E-state index in [2.05, 4.69) is 208 Å². The first-order chi connectivity index (χ1) is 28.1. The number of benzene rings is 6. The van der Waals surface area contributed by atoms with E-state index >= 15 is 0 Å². The molecule has 0 spiro atoms. The third-order valence-corrected chi connectivity index (χ3v) is 12.9. The smallest absolute Gasteiger partial charge is 0.129 e. The summed E-state index contributed by atoms with van der Waals surface area (Å²) in [5, 5.41) is 12.6. The van der Waals surface area contributed by atoms with Crippen LogP contribution in [0.4, 0.5) is 0 Å². The van der Waals surface area contributed by atoms with Crippen molar-refractivity contribution in [2.75, 3.05) is 0 Å². The number of aromatic hydroxyl groups is 1. The second kappa shape index (κ2) is 16.7. The Hall–Kier alpha value is -5.15. The predicted octanol–water partition coefficient (Wildman–Crippen LogP) is 14.9. The van der Waals surface area contributed by atoms with Crippen molar-refractivity contribution in [3.63, 3.8) is 0 Å². The normalized spacial score (nSPS) is 12.6. The minimum Gasteiger partial charge on any atom is -0.507 e. The van der Waals surface area contributed by atoms with Crippen LogP contribution in [-0.4, -0.2) is 15.1 Å². The van der Waals surface area contributed by atoms with Gasteiger partial charge in [0.05, 0.1) is 11.1 Å². The van der Waals surface area contributed by atoms with Crippen molar-refractivity contribution in [1.29, 1.82) is 0 Å². The van der Waals surface area contributed by atoms with E-state index in [1.165, 1.54) is 27.8 Å². The summed E-state index contributed by atoms with van der Waals surface area (Å²) in [5.41, 5.74) is 14.3. The maximum Gasteiger partial charge on any atom is 0.129 e. The Morgan fingerprint density at radius 1 is 0.583 bits per heavy atom. The van der Waals surface area contributed by atoms with Crippen LogP contribution in [0.2, 0.25) is 0 Å². The van der Waals surface area contributed by atoms with Gasteiger partial charge in [-0.25, -0.2) is 4.98 Å². The fraction of sp³-hybridized carbons (Fsp3) is 0.236. The molecular weight excluding hydrogens is 932 g/mol. The summed E-state index contributed by atoms with van der Waals surface area (Å²) in [6.07, 6.45) is 1.91. The number of rotatable bonds is 8. The number of thiazole rings is 1. The predicted molar refractivity (Wildman–Crippen MR) is 250 cm³/mol. The zero-order valence-electron chi connectivity index (χ0n) is 36.0. The van der Waals surface area contributed by atoms with Gasteiger partial charge >= 0.3 is 0 Å². The number of aromatic nitrogens is 2. The fourth-order valence-electron chi connectivity index (χ4n) is 8.00. The van der Waals surface area contributed by atoms with Crippen LogP contribution in [-0.2, 0) is 37.3 Å². The molecule has 0 aliphatic rings. The summed E-state index contributed by atoms with van der Waals surface area (Å²) in [5.74, 6) is 0.434. The third-order valence-electron chi connectivity index (χ3n) is 11.9. The van der Waals surface area contributed by atoms with Gasteiger partial charge in [0, 0.05) is 48.6 Å². The first kappa shape index (κ1) is 43.0. The molecule has 6 aromatic carbocycles. The molecule has 8 rings (SSSR count). The van der Waals surface area contributed by atoms with Gasteiger partial charge in [-0.2, -0.15) is 0 Å². The molecule has 306 valence electrons. The molecule has 0 aliphatic heterocycles. The molecule has 1 unspecified atom stereocenters. The topological polar surface area (TPSA) is 46.0 Å². The van der Waals surface area contributed by atoms with Crippen molar-refractivity contribution in [3.05, 3.63) is 185 Å². The molecule has 5 heteroatoms. The molecule has 0 saturated heterocycles. The molecule has 0 aliphatic carbocycles. The number of hydrogen-bond donors (Lipinski definition) is 1. The van der Waals surface area contributed by atoms with E-state index in [0.717, 1.165) is 59.9 Å². The summed E-state index contributed by atoms with van der Waals surface area (Å²) in [6, 6.07) is 53.6. The molecule has 1 N–H and O–H groups in total. The Morgan fingerprint density at radius 3 is 1.90 bits per heavy atom. The van der Waals surface area contributed by atoms with Gasteiger partial charge in [-0.05, 0) is 68.3 Å². The second-order valence-electron chi connectivity index (χ2n) is 18.5. The van der Waals surface area contributed by atoms with Crippen LogP contribution in [0.15, 0.2) is 146 Å². The maximum absolute atomic E-state index is 11.8. The molecule has 2 aromatic heterocycles. The zero-order valence-corrected chi connectivity index (χ0v) is 39.1. The van der Waals surface area contributed by atoms with Gasteiger partial charge in [-0.1, -0.05) is 183 Å². The van der Waals surface area contributed by atoms with Crippen molar-refractivity contribution in [1.82, 2.24) is 9.97 Å². The van der Waals surface area contributed by atoms with Crippen LogP contribution in [0.3, 0.4) is 0 Å². The summed E-state index contributed by atoms with van der Waals surface area (Å²) >= 11 is 1.62. The minimum atomic E-state index is -0.239. The number of nitrogens with zero attached hydrogens (tertiary/aromatic N) is 2. The molecule has 2 heterocycles. The number of pyridine rings is 1. The number of phenols is 1.